The maximum absolute atomic E-state index is 12.8. The first kappa shape index (κ1) is 21.2. The number of nitrogens with zero attached hydrogens (tertiary/aromatic N) is 1. The van der Waals surface area contributed by atoms with E-state index in [-0.39, 0.29) is 18.4 Å². The number of methoxy groups -OCH3 is 2. The normalized spacial score (nSPS) is 12.9. The molecular formula is C25H24N2O5. The van der Waals surface area contributed by atoms with Gasteiger partial charge in [0, 0.05) is 36.0 Å². The highest BCUT2D eigenvalue weighted by molar-refractivity contribution is 6.04. The van der Waals surface area contributed by atoms with E-state index in [0.717, 1.165) is 11.1 Å². The lowest BCUT2D eigenvalue weighted by Crippen LogP contribution is -2.31. The molecule has 32 heavy (non-hydrogen) atoms. The van der Waals surface area contributed by atoms with E-state index in [1.54, 1.807) is 35.2 Å². The van der Waals surface area contributed by atoms with Crippen LogP contribution in [0, 0.1) is 0 Å². The highest BCUT2D eigenvalue weighted by atomic mass is 16.5. The zero-order valence-corrected chi connectivity index (χ0v) is 18.0. The predicted molar refractivity (Wildman–Crippen MR) is 120 cm³/mol. The van der Waals surface area contributed by atoms with E-state index < -0.39 is 0 Å². The van der Waals surface area contributed by atoms with E-state index in [2.05, 4.69) is 5.32 Å². The van der Waals surface area contributed by atoms with Crippen LogP contribution in [-0.2, 0) is 17.9 Å². The third kappa shape index (κ3) is 4.83. The van der Waals surface area contributed by atoms with E-state index >= 15 is 0 Å². The van der Waals surface area contributed by atoms with Crippen LogP contribution in [-0.4, -0.2) is 37.5 Å². The molecule has 2 amide bonds. The minimum Gasteiger partial charge on any atom is -0.497 e. The molecule has 3 aromatic rings. The van der Waals surface area contributed by atoms with Crippen molar-refractivity contribution in [2.75, 3.05) is 26.1 Å². The van der Waals surface area contributed by atoms with Crippen molar-refractivity contribution < 1.29 is 23.8 Å². The Bertz CT molecular complexity index is 1110. The van der Waals surface area contributed by atoms with E-state index in [4.69, 9.17) is 14.2 Å². The van der Waals surface area contributed by atoms with Gasteiger partial charge in [-0.2, -0.15) is 0 Å². The van der Waals surface area contributed by atoms with Gasteiger partial charge in [0.05, 0.1) is 14.2 Å². The van der Waals surface area contributed by atoms with Gasteiger partial charge in [-0.3, -0.25) is 9.59 Å². The lowest BCUT2D eigenvalue weighted by molar-refractivity contribution is -0.133. The Hall–Kier alpha value is -4.00. The molecule has 7 heteroatoms. The average Bonchev–Trinajstić information content (AvgIpc) is 2.97. The van der Waals surface area contributed by atoms with Crippen molar-refractivity contribution >= 4 is 17.5 Å². The van der Waals surface area contributed by atoms with Crippen molar-refractivity contribution in [1.29, 1.82) is 0 Å². The maximum Gasteiger partial charge on any atom is 0.261 e. The Morgan fingerprint density at radius 2 is 1.72 bits per heavy atom. The van der Waals surface area contributed by atoms with Gasteiger partial charge in [-0.15, -0.1) is 0 Å². The van der Waals surface area contributed by atoms with Gasteiger partial charge in [-0.05, 0) is 35.9 Å². The zero-order chi connectivity index (χ0) is 22.5. The maximum atomic E-state index is 12.8. The summed E-state index contributed by atoms with van der Waals surface area (Å²) in [6, 6.07) is 20.2. The molecule has 0 spiro atoms. The third-order valence-corrected chi connectivity index (χ3v) is 5.21. The molecule has 0 unspecified atom stereocenters. The molecule has 0 fully saturated rings. The monoisotopic (exact) mass is 432 g/mol. The lowest BCUT2D eigenvalue weighted by Gasteiger charge is -2.20. The molecule has 0 aliphatic carbocycles. The summed E-state index contributed by atoms with van der Waals surface area (Å²) < 4.78 is 16.2. The molecule has 0 bridgehead atoms. The van der Waals surface area contributed by atoms with E-state index in [0.29, 0.717) is 41.6 Å². The molecule has 1 heterocycles. The van der Waals surface area contributed by atoms with Crippen LogP contribution in [0.25, 0.3) is 0 Å². The predicted octanol–water partition coefficient (Wildman–Crippen LogP) is 3.88. The summed E-state index contributed by atoms with van der Waals surface area (Å²) in [6.07, 6.45) is 0. The molecule has 0 saturated carbocycles. The Labute approximate surface area is 186 Å². The van der Waals surface area contributed by atoms with Crippen molar-refractivity contribution in [3.63, 3.8) is 0 Å². The van der Waals surface area contributed by atoms with Gasteiger partial charge in [0.15, 0.2) is 6.61 Å². The minimum absolute atomic E-state index is 0.0187. The standard InChI is InChI=1S/C25H24N2O5/c1-30-21-11-18(12-22(13-21)31-2)25(29)26-20-8-9-23-19(10-20)15-27(24(28)16-32-23)14-17-6-4-3-5-7-17/h3-13H,14-16H2,1-2H3,(H,26,29). The van der Waals surface area contributed by atoms with Crippen LogP contribution >= 0.6 is 0 Å². The van der Waals surface area contributed by atoms with E-state index in [9.17, 15) is 9.59 Å². The van der Waals surface area contributed by atoms with Crippen LogP contribution in [0.15, 0.2) is 66.7 Å². The zero-order valence-electron chi connectivity index (χ0n) is 18.0. The van der Waals surface area contributed by atoms with Gasteiger partial charge >= 0.3 is 0 Å². The Morgan fingerprint density at radius 1 is 1.00 bits per heavy atom. The van der Waals surface area contributed by atoms with Crippen LogP contribution in [0.3, 0.4) is 0 Å². The number of carbonyl (C=O) groups is 2. The lowest BCUT2D eigenvalue weighted by atomic mass is 10.1. The molecule has 3 aromatic carbocycles. The fourth-order valence-electron chi connectivity index (χ4n) is 3.54. The van der Waals surface area contributed by atoms with Gasteiger partial charge in [0.2, 0.25) is 0 Å². The molecule has 7 nitrogen and oxygen atoms in total. The number of carbonyl (C=O) groups excluding carboxylic acids is 2. The Balaban J connectivity index is 1.54. The number of hydrogen-bond acceptors (Lipinski definition) is 5. The quantitative estimate of drug-likeness (QED) is 0.640. The number of benzene rings is 3. The van der Waals surface area contributed by atoms with Gasteiger partial charge < -0.3 is 24.4 Å². The van der Waals surface area contributed by atoms with Gasteiger partial charge in [0.1, 0.15) is 17.2 Å². The average molecular weight is 432 g/mol. The van der Waals surface area contributed by atoms with Crippen LogP contribution < -0.4 is 19.5 Å². The summed E-state index contributed by atoms with van der Waals surface area (Å²) in [4.78, 5) is 27.1. The summed E-state index contributed by atoms with van der Waals surface area (Å²) in [7, 11) is 3.07. The molecular weight excluding hydrogens is 408 g/mol. The van der Waals surface area contributed by atoms with Gasteiger partial charge in [-0.25, -0.2) is 0 Å². The smallest absolute Gasteiger partial charge is 0.261 e. The molecule has 1 aliphatic heterocycles. The van der Waals surface area contributed by atoms with Gasteiger partial charge in [-0.1, -0.05) is 30.3 Å². The molecule has 1 N–H and O–H groups in total. The molecule has 4 rings (SSSR count). The second-order valence-electron chi connectivity index (χ2n) is 7.40. The SMILES string of the molecule is COc1cc(OC)cc(C(=O)Nc2ccc3c(c2)CN(Cc2ccccc2)C(=O)CO3)c1. The second-order valence-corrected chi connectivity index (χ2v) is 7.40. The number of anilines is 1. The molecule has 164 valence electrons. The Kier molecular flexibility index (Phi) is 6.26. The molecule has 0 saturated heterocycles. The van der Waals surface area contributed by atoms with Crippen LogP contribution in [0.2, 0.25) is 0 Å². The summed E-state index contributed by atoms with van der Waals surface area (Å²) in [6.45, 7) is 0.859. The molecule has 0 atom stereocenters. The van der Waals surface area contributed by atoms with Crippen molar-refractivity contribution in [2.24, 2.45) is 0 Å². The number of amides is 2. The number of rotatable bonds is 6. The van der Waals surface area contributed by atoms with Crippen molar-refractivity contribution in [3.8, 4) is 17.2 Å². The summed E-state index contributed by atoms with van der Waals surface area (Å²) >= 11 is 0. The van der Waals surface area contributed by atoms with Crippen molar-refractivity contribution in [2.45, 2.75) is 13.1 Å². The van der Waals surface area contributed by atoms with Crippen molar-refractivity contribution in [3.05, 3.63) is 83.4 Å². The van der Waals surface area contributed by atoms with Crippen LogP contribution in [0.1, 0.15) is 21.5 Å². The molecule has 0 aromatic heterocycles. The number of nitrogens with one attached hydrogen (secondary N) is 1. The van der Waals surface area contributed by atoms with Crippen molar-refractivity contribution in [1.82, 2.24) is 4.90 Å². The number of hydrogen-bond donors (Lipinski definition) is 1. The highest BCUT2D eigenvalue weighted by Gasteiger charge is 2.22. The summed E-state index contributed by atoms with van der Waals surface area (Å²) in [5, 5.41) is 2.90. The van der Waals surface area contributed by atoms with Crippen LogP contribution in [0.4, 0.5) is 5.69 Å². The van der Waals surface area contributed by atoms with Gasteiger partial charge in [0.25, 0.3) is 11.8 Å². The first-order valence-corrected chi connectivity index (χ1v) is 10.2. The third-order valence-electron chi connectivity index (χ3n) is 5.21. The summed E-state index contributed by atoms with van der Waals surface area (Å²) in [5.41, 5.74) is 2.88. The first-order chi connectivity index (χ1) is 15.6. The highest BCUT2D eigenvalue weighted by Crippen LogP contribution is 2.28. The topological polar surface area (TPSA) is 77.1 Å². The van der Waals surface area contributed by atoms with Crippen LogP contribution in [0.5, 0.6) is 17.2 Å². The Morgan fingerprint density at radius 3 is 2.41 bits per heavy atom. The molecule has 1 aliphatic rings. The summed E-state index contributed by atoms with van der Waals surface area (Å²) in [5.74, 6) is 1.31. The largest absolute Gasteiger partial charge is 0.497 e. The second kappa shape index (κ2) is 9.43. The first-order valence-electron chi connectivity index (χ1n) is 10.2. The van der Waals surface area contributed by atoms with E-state index in [1.165, 1.54) is 14.2 Å². The molecule has 0 radical (unpaired) electrons. The fraction of sp³-hybridized carbons (Fsp3) is 0.200. The fourth-order valence-corrected chi connectivity index (χ4v) is 3.54. The number of ether oxygens (including phenoxy) is 3. The van der Waals surface area contributed by atoms with E-state index in [1.807, 2.05) is 36.4 Å². The number of fused-ring (bicyclic) bond motifs is 1. The minimum atomic E-state index is -0.297.